The van der Waals surface area contributed by atoms with Crippen LogP contribution in [0.3, 0.4) is 0 Å². The lowest BCUT2D eigenvalue weighted by Gasteiger charge is -2.27. The molecule has 59 heavy (non-hydrogen) atoms. The van der Waals surface area contributed by atoms with Crippen molar-refractivity contribution in [2.24, 2.45) is 0 Å². The first-order chi connectivity index (χ1) is 29.2. The van der Waals surface area contributed by atoms with Crippen molar-refractivity contribution in [1.29, 1.82) is 0 Å². The summed E-state index contributed by atoms with van der Waals surface area (Å²) in [4.78, 5) is 2.33. The highest BCUT2D eigenvalue weighted by atomic mass is 16.3. The van der Waals surface area contributed by atoms with Crippen molar-refractivity contribution in [3.8, 4) is 22.3 Å². The smallest absolute Gasteiger partial charge is 0.136 e. The minimum absolute atomic E-state index is 0.867. The molecule has 0 aliphatic heterocycles. The molecule has 0 aliphatic carbocycles. The summed E-state index contributed by atoms with van der Waals surface area (Å²) in [6.07, 6.45) is 8.21. The Morgan fingerprint density at radius 2 is 1.10 bits per heavy atom. The second-order valence-corrected chi connectivity index (χ2v) is 15.0. The Morgan fingerprint density at radius 1 is 0.441 bits per heavy atom. The number of benzene rings is 9. The SMILES string of the molecule is C=C/C=C\C(=C\c1ccc2oc3cc4ccccc4cc3c2c1)N(c1ccc(-c2cccc3oc4ccccc4c23)cc1)c1cccc(-c2cccc3ccccc23)c1. The van der Waals surface area contributed by atoms with E-state index in [0.29, 0.717) is 0 Å². The zero-order valence-electron chi connectivity index (χ0n) is 32.2. The van der Waals surface area contributed by atoms with Gasteiger partial charge in [0.2, 0.25) is 0 Å². The molecule has 3 heteroatoms. The van der Waals surface area contributed by atoms with Crippen LogP contribution in [-0.4, -0.2) is 0 Å². The van der Waals surface area contributed by atoms with E-state index in [9.17, 15) is 0 Å². The van der Waals surface area contributed by atoms with Gasteiger partial charge < -0.3 is 13.7 Å². The van der Waals surface area contributed by atoms with Crippen LogP contribution >= 0.6 is 0 Å². The topological polar surface area (TPSA) is 29.5 Å². The minimum atomic E-state index is 0.867. The van der Waals surface area contributed by atoms with Crippen molar-refractivity contribution in [2.75, 3.05) is 4.90 Å². The van der Waals surface area contributed by atoms with E-state index in [1.54, 1.807) is 0 Å². The standard InChI is InChI=1S/C56H37NO2/c1-2-3-18-44(32-37-26-31-53-50(33-37)51-35-40-14-4-5-15-41(40)36-55(51)59-53)57(45-19-10-17-42(34-45)47-22-11-16-38-13-6-7-20-46(38)47)43-29-27-39(28-30-43)48-23-12-25-54-56(48)49-21-8-9-24-52(49)58-54/h2-36H,1H2/b18-3-,44-32-. The summed E-state index contributed by atoms with van der Waals surface area (Å²) < 4.78 is 12.6. The van der Waals surface area contributed by atoms with Crippen molar-refractivity contribution in [1.82, 2.24) is 0 Å². The zero-order chi connectivity index (χ0) is 39.3. The molecule has 0 aliphatic rings. The van der Waals surface area contributed by atoms with Crippen LogP contribution in [-0.2, 0) is 0 Å². The molecule has 2 aromatic heterocycles. The van der Waals surface area contributed by atoms with Crippen LogP contribution in [0.1, 0.15) is 5.56 Å². The maximum Gasteiger partial charge on any atom is 0.136 e. The van der Waals surface area contributed by atoms with E-state index < -0.39 is 0 Å². The normalized spacial score (nSPS) is 12.2. The van der Waals surface area contributed by atoms with Crippen molar-refractivity contribution in [3.63, 3.8) is 0 Å². The molecule has 9 aromatic carbocycles. The van der Waals surface area contributed by atoms with Gasteiger partial charge in [-0.15, -0.1) is 0 Å². The monoisotopic (exact) mass is 755 g/mol. The van der Waals surface area contributed by atoms with Gasteiger partial charge in [-0.2, -0.15) is 0 Å². The van der Waals surface area contributed by atoms with Crippen LogP contribution in [0.4, 0.5) is 11.4 Å². The number of anilines is 2. The lowest BCUT2D eigenvalue weighted by atomic mass is 9.97. The highest BCUT2D eigenvalue weighted by Gasteiger charge is 2.18. The molecule has 0 atom stereocenters. The number of hydrogen-bond donors (Lipinski definition) is 0. The van der Waals surface area contributed by atoms with Gasteiger partial charge in [-0.3, -0.25) is 0 Å². The summed E-state index contributed by atoms with van der Waals surface area (Å²) in [5, 5.41) is 9.22. The maximum atomic E-state index is 6.39. The summed E-state index contributed by atoms with van der Waals surface area (Å²) >= 11 is 0. The average Bonchev–Trinajstić information content (AvgIpc) is 3.85. The van der Waals surface area contributed by atoms with Crippen molar-refractivity contribution in [3.05, 3.63) is 224 Å². The first-order valence-electron chi connectivity index (χ1n) is 19.9. The van der Waals surface area contributed by atoms with Crippen LogP contribution in [0.2, 0.25) is 0 Å². The lowest BCUT2D eigenvalue weighted by molar-refractivity contribution is 0.669. The molecule has 0 radical (unpaired) electrons. The van der Waals surface area contributed by atoms with Crippen LogP contribution in [0.15, 0.2) is 227 Å². The zero-order valence-corrected chi connectivity index (χ0v) is 32.2. The van der Waals surface area contributed by atoms with Gasteiger partial charge in [0.1, 0.15) is 22.3 Å². The molecule has 0 bridgehead atoms. The number of nitrogens with zero attached hydrogens (tertiary/aromatic N) is 1. The van der Waals surface area contributed by atoms with E-state index in [0.717, 1.165) is 83.2 Å². The second kappa shape index (κ2) is 14.3. The molecule has 0 amide bonds. The van der Waals surface area contributed by atoms with E-state index in [2.05, 4.69) is 193 Å². The third-order valence-electron chi connectivity index (χ3n) is 11.4. The Labute approximate surface area is 341 Å². The minimum Gasteiger partial charge on any atom is -0.456 e. The fraction of sp³-hybridized carbons (Fsp3) is 0. The Balaban J connectivity index is 1.08. The largest absolute Gasteiger partial charge is 0.456 e. The highest BCUT2D eigenvalue weighted by molar-refractivity contribution is 6.13. The van der Waals surface area contributed by atoms with E-state index >= 15 is 0 Å². The molecule has 0 unspecified atom stereocenters. The van der Waals surface area contributed by atoms with Gasteiger partial charge in [0.15, 0.2) is 0 Å². The molecular weight excluding hydrogens is 719 g/mol. The van der Waals surface area contributed by atoms with Crippen molar-refractivity contribution >= 4 is 82.9 Å². The molecule has 3 nitrogen and oxygen atoms in total. The molecule has 0 N–H and O–H groups in total. The Bertz CT molecular complexity index is 3460. The fourth-order valence-electron chi connectivity index (χ4n) is 8.64. The molecule has 0 spiro atoms. The molecular formula is C56H37NO2. The van der Waals surface area contributed by atoms with Crippen LogP contribution < -0.4 is 4.90 Å². The van der Waals surface area contributed by atoms with E-state index in [1.807, 2.05) is 30.4 Å². The highest BCUT2D eigenvalue weighted by Crippen LogP contribution is 2.41. The number of rotatable bonds is 8. The molecule has 11 rings (SSSR count). The number of allylic oxidation sites excluding steroid dienone is 3. The van der Waals surface area contributed by atoms with Crippen LogP contribution in [0, 0.1) is 0 Å². The van der Waals surface area contributed by atoms with Gasteiger partial charge in [-0.05, 0) is 122 Å². The Morgan fingerprint density at radius 3 is 1.97 bits per heavy atom. The predicted octanol–water partition coefficient (Wildman–Crippen LogP) is 16.0. The van der Waals surface area contributed by atoms with E-state index in [-0.39, 0.29) is 0 Å². The Hall–Kier alpha value is -7.88. The fourth-order valence-corrected chi connectivity index (χ4v) is 8.64. The molecule has 0 saturated carbocycles. The lowest BCUT2D eigenvalue weighted by Crippen LogP contribution is -2.15. The Kier molecular flexibility index (Phi) is 8.30. The number of furan rings is 2. The van der Waals surface area contributed by atoms with Crippen LogP contribution in [0.5, 0.6) is 0 Å². The predicted molar refractivity (Wildman–Crippen MR) is 249 cm³/mol. The third kappa shape index (κ3) is 6.08. The third-order valence-corrected chi connectivity index (χ3v) is 11.4. The average molecular weight is 756 g/mol. The molecule has 11 aromatic rings. The summed E-state index contributed by atoms with van der Waals surface area (Å²) in [6.45, 7) is 4.05. The summed E-state index contributed by atoms with van der Waals surface area (Å²) in [5.41, 5.74) is 12.2. The van der Waals surface area contributed by atoms with E-state index in [1.165, 1.54) is 27.1 Å². The summed E-state index contributed by atoms with van der Waals surface area (Å²) in [6, 6.07) is 66.6. The first kappa shape index (κ1) is 34.4. The quantitative estimate of drug-likeness (QED) is 0.145. The molecule has 2 heterocycles. The van der Waals surface area contributed by atoms with Gasteiger partial charge >= 0.3 is 0 Å². The van der Waals surface area contributed by atoms with Gasteiger partial charge in [0.25, 0.3) is 0 Å². The number of fused-ring (bicyclic) bond motifs is 8. The number of hydrogen-bond acceptors (Lipinski definition) is 3. The maximum absolute atomic E-state index is 6.39. The van der Waals surface area contributed by atoms with E-state index in [4.69, 9.17) is 8.83 Å². The van der Waals surface area contributed by atoms with Crippen LogP contribution in [0.25, 0.3) is 93.8 Å². The molecule has 278 valence electrons. The number of para-hydroxylation sites is 1. The van der Waals surface area contributed by atoms with Crippen molar-refractivity contribution < 1.29 is 8.83 Å². The molecule has 0 saturated heterocycles. The van der Waals surface area contributed by atoms with Crippen molar-refractivity contribution in [2.45, 2.75) is 0 Å². The summed E-state index contributed by atoms with van der Waals surface area (Å²) in [5.74, 6) is 0. The van der Waals surface area contributed by atoms with Gasteiger partial charge in [0.05, 0.1) is 0 Å². The van der Waals surface area contributed by atoms with Gasteiger partial charge in [0, 0.05) is 38.6 Å². The van der Waals surface area contributed by atoms with Gasteiger partial charge in [-0.25, -0.2) is 0 Å². The first-order valence-corrected chi connectivity index (χ1v) is 19.9. The summed E-state index contributed by atoms with van der Waals surface area (Å²) in [7, 11) is 0. The molecule has 0 fully saturated rings. The second-order valence-electron chi connectivity index (χ2n) is 15.0. The van der Waals surface area contributed by atoms with Gasteiger partial charge in [-0.1, -0.05) is 146 Å².